The third-order valence-corrected chi connectivity index (χ3v) is 5.42. The normalized spacial score (nSPS) is 10.7. The Labute approximate surface area is 167 Å². The molecule has 6 nitrogen and oxygen atoms in total. The van der Waals surface area contributed by atoms with Crippen molar-refractivity contribution in [3.63, 3.8) is 0 Å². The molecule has 0 aliphatic carbocycles. The summed E-state index contributed by atoms with van der Waals surface area (Å²) in [6.45, 7) is 0. The number of rotatable bonds is 5. The Morgan fingerprint density at radius 1 is 0.964 bits per heavy atom. The molecule has 0 aromatic heterocycles. The van der Waals surface area contributed by atoms with Crippen molar-refractivity contribution in [1.29, 1.82) is 5.26 Å². The largest absolute Gasteiger partial charge is 0.322 e. The van der Waals surface area contributed by atoms with E-state index in [1.54, 1.807) is 30.3 Å². The summed E-state index contributed by atoms with van der Waals surface area (Å²) in [5.74, 6) is -0.510. The van der Waals surface area contributed by atoms with Gasteiger partial charge < -0.3 is 5.32 Å². The summed E-state index contributed by atoms with van der Waals surface area (Å²) in [5, 5.41) is 12.0. The molecule has 0 heterocycles. The number of hydrogen-bond acceptors (Lipinski definition) is 4. The van der Waals surface area contributed by atoms with Gasteiger partial charge >= 0.3 is 0 Å². The van der Waals surface area contributed by atoms with Crippen LogP contribution < -0.4 is 10.0 Å². The summed E-state index contributed by atoms with van der Waals surface area (Å²) in [6, 6.07) is 20.3. The first-order valence-corrected chi connectivity index (χ1v) is 9.94. The van der Waals surface area contributed by atoms with E-state index in [0.29, 0.717) is 16.3 Å². The van der Waals surface area contributed by atoms with E-state index in [2.05, 4.69) is 10.0 Å². The van der Waals surface area contributed by atoms with E-state index < -0.39 is 15.9 Å². The molecule has 2 N–H and O–H groups in total. The molecule has 0 saturated carbocycles. The number of benzene rings is 3. The van der Waals surface area contributed by atoms with Crippen LogP contribution in [0.3, 0.4) is 0 Å². The molecular formula is C20H14ClN3O3S. The highest BCUT2D eigenvalue weighted by molar-refractivity contribution is 7.92. The summed E-state index contributed by atoms with van der Waals surface area (Å²) in [7, 11) is -3.90. The molecule has 140 valence electrons. The average molecular weight is 412 g/mol. The maximum Gasteiger partial charge on any atom is 0.261 e. The molecule has 3 aromatic rings. The van der Waals surface area contributed by atoms with Crippen molar-refractivity contribution in [2.45, 2.75) is 4.90 Å². The Hall–Kier alpha value is -3.34. The zero-order valence-electron chi connectivity index (χ0n) is 14.4. The van der Waals surface area contributed by atoms with Crippen molar-refractivity contribution in [1.82, 2.24) is 0 Å². The molecule has 0 radical (unpaired) electrons. The predicted octanol–water partition coefficient (Wildman–Crippen LogP) is 4.26. The van der Waals surface area contributed by atoms with E-state index in [4.69, 9.17) is 16.9 Å². The van der Waals surface area contributed by atoms with Crippen LogP contribution in [0.4, 0.5) is 11.4 Å². The molecule has 1 amide bonds. The minimum atomic E-state index is -3.90. The molecule has 0 atom stereocenters. The molecule has 3 rings (SSSR count). The van der Waals surface area contributed by atoms with Gasteiger partial charge in [0.25, 0.3) is 15.9 Å². The van der Waals surface area contributed by atoms with Crippen LogP contribution in [0, 0.1) is 11.3 Å². The first-order chi connectivity index (χ1) is 13.4. The van der Waals surface area contributed by atoms with Crippen molar-refractivity contribution < 1.29 is 13.2 Å². The fraction of sp³-hybridized carbons (Fsp3) is 0. The fourth-order valence-corrected chi connectivity index (χ4v) is 3.66. The molecule has 0 unspecified atom stereocenters. The number of nitriles is 1. The minimum absolute atomic E-state index is 0.0221. The summed E-state index contributed by atoms with van der Waals surface area (Å²) >= 11 is 5.80. The zero-order valence-corrected chi connectivity index (χ0v) is 16.0. The van der Waals surface area contributed by atoms with E-state index in [-0.39, 0.29) is 16.1 Å². The van der Waals surface area contributed by atoms with Crippen LogP contribution in [0.25, 0.3) is 0 Å². The summed E-state index contributed by atoms with van der Waals surface area (Å²) in [5.41, 5.74) is 1.10. The number of anilines is 2. The zero-order chi connectivity index (χ0) is 20.1. The van der Waals surface area contributed by atoms with Gasteiger partial charge in [0.1, 0.15) is 0 Å². The lowest BCUT2D eigenvalue weighted by Crippen LogP contribution is -2.18. The standard InChI is InChI=1S/C20H14ClN3O3S/c21-15-8-10-17(11-9-15)28(26,27)24-19-7-2-1-6-18(19)20(25)23-16-5-3-4-14(12-16)13-22/h1-12,24H,(H,23,25). The number of amides is 1. The Balaban J connectivity index is 1.87. The highest BCUT2D eigenvalue weighted by Gasteiger charge is 2.18. The molecule has 0 aliphatic heterocycles. The lowest BCUT2D eigenvalue weighted by molar-refractivity contribution is 0.102. The number of nitrogens with one attached hydrogen (secondary N) is 2. The van der Waals surface area contributed by atoms with Gasteiger partial charge in [-0.25, -0.2) is 8.42 Å². The van der Waals surface area contributed by atoms with Crippen LogP contribution in [0.2, 0.25) is 5.02 Å². The Morgan fingerprint density at radius 3 is 2.39 bits per heavy atom. The number of sulfonamides is 1. The van der Waals surface area contributed by atoms with Crippen LogP contribution in [-0.2, 0) is 10.0 Å². The molecule has 0 bridgehead atoms. The van der Waals surface area contributed by atoms with Gasteiger partial charge in [0.2, 0.25) is 0 Å². The first kappa shape index (κ1) is 19.4. The quantitative estimate of drug-likeness (QED) is 0.655. The average Bonchev–Trinajstić information content (AvgIpc) is 2.68. The molecule has 3 aromatic carbocycles. The van der Waals surface area contributed by atoms with Gasteiger partial charge in [0, 0.05) is 10.7 Å². The first-order valence-electron chi connectivity index (χ1n) is 8.08. The molecule has 28 heavy (non-hydrogen) atoms. The van der Waals surface area contributed by atoms with Crippen LogP contribution in [0.5, 0.6) is 0 Å². The van der Waals surface area contributed by atoms with Gasteiger partial charge in [0.15, 0.2) is 0 Å². The van der Waals surface area contributed by atoms with E-state index in [0.717, 1.165) is 0 Å². The van der Waals surface area contributed by atoms with Gasteiger partial charge in [0.05, 0.1) is 27.8 Å². The van der Waals surface area contributed by atoms with Gasteiger partial charge in [-0.05, 0) is 54.6 Å². The Morgan fingerprint density at radius 2 is 1.68 bits per heavy atom. The third-order valence-electron chi connectivity index (χ3n) is 3.79. The maximum atomic E-state index is 12.7. The second-order valence-corrected chi connectivity index (χ2v) is 7.87. The highest BCUT2D eigenvalue weighted by Crippen LogP contribution is 2.22. The summed E-state index contributed by atoms with van der Waals surface area (Å²) in [6.07, 6.45) is 0. The molecule has 8 heteroatoms. The van der Waals surface area contributed by atoms with E-state index in [9.17, 15) is 13.2 Å². The smallest absolute Gasteiger partial charge is 0.261 e. The number of para-hydroxylation sites is 1. The van der Waals surface area contributed by atoms with E-state index >= 15 is 0 Å². The SMILES string of the molecule is N#Cc1cccc(NC(=O)c2ccccc2NS(=O)(=O)c2ccc(Cl)cc2)c1. The van der Waals surface area contributed by atoms with Crippen LogP contribution in [-0.4, -0.2) is 14.3 Å². The maximum absolute atomic E-state index is 12.7. The third kappa shape index (κ3) is 4.49. The second kappa shape index (κ2) is 8.13. The number of nitrogens with zero attached hydrogens (tertiary/aromatic N) is 1. The van der Waals surface area contributed by atoms with Crippen molar-refractivity contribution in [2.75, 3.05) is 10.0 Å². The van der Waals surface area contributed by atoms with E-state index in [1.807, 2.05) is 6.07 Å². The van der Waals surface area contributed by atoms with Gasteiger partial charge in [-0.15, -0.1) is 0 Å². The highest BCUT2D eigenvalue weighted by atomic mass is 35.5. The lowest BCUT2D eigenvalue weighted by atomic mass is 10.1. The number of halogens is 1. The Bertz CT molecular complexity index is 1170. The molecule has 0 saturated heterocycles. The van der Waals surface area contributed by atoms with Crippen molar-refractivity contribution in [3.05, 3.63) is 88.9 Å². The van der Waals surface area contributed by atoms with Crippen LogP contribution in [0.15, 0.2) is 77.7 Å². The molecular weight excluding hydrogens is 398 g/mol. The molecule has 0 spiro atoms. The second-order valence-electron chi connectivity index (χ2n) is 5.75. The lowest BCUT2D eigenvalue weighted by Gasteiger charge is -2.13. The van der Waals surface area contributed by atoms with Gasteiger partial charge in [-0.2, -0.15) is 5.26 Å². The monoisotopic (exact) mass is 411 g/mol. The fourth-order valence-electron chi connectivity index (χ4n) is 2.45. The minimum Gasteiger partial charge on any atom is -0.322 e. The summed E-state index contributed by atoms with van der Waals surface area (Å²) in [4.78, 5) is 12.7. The summed E-state index contributed by atoms with van der Waals surface area (Å²) < 4.78 is 27.6. The number of hydrogen-bond donors (Lipinski definition) is 2. The van der Waals surface area contributed by atoms with Gasteiger partial charge in [-0.1, -0.05) is 29.8 Å². The van der Waals surface area contributed by atoms with Crippen LogP contribution >= 0.6 is 11.6 Å². The molecule has 0 fully saturated rings. The molecule has 0 aliphatic rings. The topological polar surface area (TPSA) is 99.1 Å². The van der Waals surface area contributed by atoms with E-state index in [1.165, 1.54) is 42.5 Å². The van der Waals surface area contributed by atoms with Crippen molar-refractivity contribution in [3.8, 4) is 6.07 Å². The number of carbonyl (C=O) groups is 1. The van der Waals surface area contributed by atoms with Gasteiger partial charge in [-0.3, -0.25) is 9.52 Å². The predicted molar refractivity (Wildman–Crippen MR) is 108 cm³/mol. The Kier molecular flexibility index (Phi) is 5.64. The number of carbonyl (C=O) groups excluding carboxylic acids is 1. The van der Waals surface area contributed by atoms with Crippen molar-refractivity contribution >= 4 is 38.9 Å². The van der Waals surface area contributed by atoms with Crippen molar-refractivity contribution in [2.24, 2.45) is 0 Å². The van der Waals surface area contributed by atoms with Crippen LogP contribution in [0.1, 0.15) is 15.9 Å².